The average molecular weight is 302 g/mol. The van der Waals surface area contributed by atoms with Crippen molar-refractivity contribution in [3.8, 4) is 0 Å². The molecule has 2 heteroatoms. The van der Waals surface area contributed by atoms with E-state index in [1.807, 2.05) is 0 Å². The SMILES string of the molecule is CC(C)[P+](C)(C(C)C)C(C)C.[I-]. The molecule has 0 radical (unpaired) electrons. The summed E-state index contributed by atoms with van der Waals surface area (Å²) in [7, 11) is -0.685. The Morgan fingerprint density at radius 1 is 0.667 bits per heavy atom. The zero-order valence-corrected chi connectivity index (χ0v) is 12.6. The Labute approximate surface area is 96.3 Å². The van der Waals surface area contributed by atoms with E-state index in [1.165, 1.54) is 0 Å². The Balaban J connectivity index is 0. The first kappa shape index (κ1) is 15.6. The third-order valence-corrected chi connectivity index (χ3v) is 10.0. The number of halogens is 1. The van der Waals surface area contributed by atoms with E-state index < -0.39 is 7.26 Å². The molecule has 0 aliphatic carbocycles. The molecule has 0 atom stereocenters. The van der Waals surface area contributed by atoms with E-state index in [-0.39, 0.29) is 24.0 Å². The van der Waals surface area contributed by atoms with Crippen LogP contribution in [-0.4, -0.2) is 23.6 Å². The highest BCUT2D eigenvalue weighted by atomic mass is 127. The van der Waals surface area contributed by atoms with Crippen LogP contribution in [0.25, 0.3) is 0 Å². The standard InChI is InChI=1S/C10H24P.HI/c1-8(2)11(7,9(3)4)10(5)6;/h8-10H,1-7H3;1H/q+1;/p-1. The van der Waals surface area contributed by atoms with E-state index in [9.17, 15) is 0 Å². The normalized spacial score (nSPS) is 12.5. The molecule has 0 aliphatic rings. The van der Waals surface area contributed by atoms with Gasteiger partial charge in [0.25, 0.3) is 0 Å². The van der Waals surface area contributed by atoms with Gasteiger partial charge in [0.15, 0.2) is 0 Å². The summed E-state index contributed by atoms with van der Waals surface area (Å²) in [6.07, 6.45) is 0. The first-order valence-corrected chi connectivity index (χ1v) is 7.13. The molecule has 0 amide bonds. The molecular formula is C10H24IP. The topological polar surface area (TPSA) is 0 Å². The van der Waals surface area contributed by atoms with Gasteiger partial charge in [-0.25, -0.2) is 0 Å². The van der Waals surface area contributed by atoms with Gasteiger partial charge in [-0.05, 0) is 41.5 Å². The molecule has 76 valence electrons. The van der Waals surface area contributed by atoms with Gasteiger partial charge in [-0.15, -0.1) is 0 Å². The minimum absolute atomic E-state index is 0. The molecule has 0 saturated heterocycles. The minimum Gasteiger partial charge on any atom is -1.00 e. The van der Waals surface area contributed by atoms with Gasteiger partial charge in [-0.2, -0.15) is 0 Å². The number of rotatable bonds is 3. The van der Waals surface area contributed by atoms with Crippen molar-refractivity contribution in [3.63, 3.8) is 0 Å². The zero-order valence-electron chi connectivity index (χ0n) is 9.56. The molecule has 0 rings (SSSR count). The van der Waals surface area contributed by atoms with Gasteiger partial charge in [0.1, 0.15) is 0 Å². The lowest BCUT2D eigenvalue weighted by Gasteiger charge is -2.34. The summed E-state index contributed by atoms with van der Waals surface area (Å²) in [5.74, 6) is 0. The van der Waals surface area contributed by atoms with Crippen molar-refractivity contribution in [2.75, 3.05) is 6.66 Å². The Hall–Kier alpha value is 1.16. The second-order valence-corrected chi connectivity index (χ2v) is 10.0. The summed E-state index contributed by atoms with van der Waals surface area (Å²) in [5, 5.41) is 0. The molecule has 0 heterocycles. The maximum absolute atomic E-state index is 2.52. The van der Waals surface area contributed by atoms with E-state index in [0.717, 1.165) is 17.0 Å². The van der Waals surface area contributed by atoms with Crippen molar-refractivity contribution >= 4 is 7.26 Å². The fourth-order valence-corrected chi connectivity index (χ4v) is 5.37. The van der Waals surface area contributed by atoms with Crippen LogP contribution in [0.1, 0.15) is 41.5 Å². The lowest BCUT2D eigenvalue weighted by molar-refractivity contribution is -0.00000284. The molecule has 0 fully saturated rings. The van der Waals surface area contributed by atoms with Crippen molar-refractivity contribution in [1.82, 2.24) is 0 Å². The third kappa shape index (κ3) is 3.14. The lowest BCUT2D eigenvalue weighted by atomic mass is 10.5. The van der Waals surface area contributed by atoms with Gasteiger partial charge in [0.05, 0.1) is 17.0 Å². The van der Waals surface area contributed by atoms with Crippen LogP contribution in [0, 0.1) is 0 Å². The van der Waals surface area contributed by atoms with Gasteiger partial charge < -0.3 is 24.0 Å². The maximum atomic E-state index is 2.52. The third-order valence-electron chi connectivity index (χ3n) is 3.34. The second kappa shape index (κ2) is 5.80. The Morgan fingerprint density at radius 2 is 0.833 bits per heavy atom. The Morgan fingerprint density at radius 3 is 0.833 bits per heavy atom. The van der Waals surface area contributed by atoms with E-state index in [0.29, 0.717) is 0 Å². The first-order chi connectivity index (χ1) is 4.83. The van der Waals surface area contributed by atoms with Crippen molar-refractivity contribution < 1.29 is 24.0 Å². The fraction of sp³-hybridized carbons (Fsp3) is 1.00. The van der Waals surface area contributed by atoms with Crippen LogP contribution in [0.2, 0.25) is 0 Å². The van der Waals surface area contributed by atoms with Crippen molar-refractivity contribution in [3.05, 3.63) is 0 Å². The van der Waals surface area contributed by atoms with E-state index in [1.54, 1.807) is 0 Å². The molecule has 0 nitrogen and oxygen atoms in total. The largest absolute Gasteiger partial charge is 1.00 e. The molecule has 12 heavy (non-hydrogen) atoms. The van der Waals surface area contributed by atoms with Gasteiger partial charge in [0, 0.05) is 13.9 Å². The lowest BCUT2D eigenvalue weighted by Crippen LogP contribution is -3.00. The molecule has 0 N–H and O–H groups in total. The van der Waals surface area contributed by atoms with Crippen LogP contribution in [0.4, 0.5) is 0 Å². The van der Waals surface area contributed by atoms with Crippen LogP contribution in [0.3, 0.4) is 0 Å². The van der Waals surface area contributed by atoms with E-state index in [4.69, 9.17) is 0 Å². The molecule has 0 saturated carbocycles. The van der Waals surface area contributed by atoms with Crippen molar-refractivity contribution in [1.29, 1.82) is 0 Å². The Kier molecular flexibility index (Phi) is 7.55. The number of hydrogen-bond donors (Lipinski definition) is 0. The highest BCUT2D eigenvalue weighted by Crippen LogP contribution is 2.66. The first-order valence-electron chi connectivity index (χ1n) is 4.69. The fourth-order valence-electron chi connectivity index (χ4n) is 1.79. The molecular weight excluding hydrogens is 278 g/mol. The van der Waals surface area contributed by atoms with E-state index >= 15 is 0 Å². The number of hydrogen-bond acceptors (Lipinski definition) is 0. The summed E-state index contributed by atoms with van der Waals surface area (Å²) in [5.41, 5.74) is 2.67. The van der Waals surface area contributed by atoms with Crippen LogP contribution in [0.15, 0.2) is 0 Å². The molecule has 0 aromatic heterocycles. The van der Waals surface area contributed by atoms with Crippen LogP contribution in [0.5, 0.6) is 0 Å². The van der Waals surface area contributed by atoms with Crippen LogP contribution in [-0.2, 0) is 0 Å². The summed E-state index contributed by atoms with van der Waals surface area (Å²) in [4.78, 5) is 0. The molecule has 0 unspecified atom stereocenters. The second-order valence-electron chi connectivity index (χ2n) is 4.50. The molecule has 0 aromatic rings. The monoisotopic (exact) mass is 302 g/mol. The molecule has 0 aliphatic heterocycles. The minimum atomic E-state index is -0.685. The summed E-state index contributed by atoms with van der Waals surface area (Å²) >= 11 is 0. The average Bonchev–Trinajstić information content (AvgIpc) is 1.84. The van der Waals surface area contributed by atoms with Crippen molar-refractivity contribution in [2.24, 2.45) is 0 Å². The Bertz CT molecular complexity index is 97.2. The molecule has 0 spiro atoms. The van der Waals surface area contributed by atoms with Gasteiger partial charge >= 0.3 is 0 Å². The van der Waals surface area contributed by atoms with Crippen LogP contribution < -0.4 is 24.0 Å². The van der Waals surface area contributed by atoms with Gasteiger partial charge in [0.2, 0.25) is 0 Å². The van der Waals surface area contributed by atoms with Gasteiger partial charge in [-0.1, -0.05) is 0 Å². The zero-order chi connectivity index (χ0) is 9.23. The summed E-state index contributed by atoms with van der Waals surface area (Å²) < 4.78 is 0. The highest BCUT2D eigenvalue weighted by molar-refractivity contribution is 7.77. The summed E-state index contributed by atoms with van der Waals surface area (Å²) in [6, 6.07) is 0. The quantitative estimate of drug-likeness (QED) is 0.536. The van der Waals surface area contributed by atoms with E-state index in [2.05, 4.69) is 48.2 Å². The van der Waals surface area contributed by atoms with Crippen LogP contribution >= 0.6 is 7.26 Å². The predicted molar refractivity (Wildman–Crippen MR) is 58.3 cm³/mol. The summed E-state index contributed by atoms with van der Waals surface area (Å²) in [6.45, 7) is 16.8. The maximum Gasteiger partial charge on any atom is 0.0643 e. The molecule has 0 aromatic carbocycles. The molecule has 0 bridgehead atoms. The smallest absolute Gasteiger partial charge is 0.0643 e. The van der Waals surface area contributed by atoms with Gasteiger partial charge in [-0.3, -0.25) is 0 Å². The highest BCUT2D eigenvalue weighted by Gasteiger charge is 2.41. The van der Waals surface area contributed by atoms with Crippen molar-refractivity contribution in [2.45, 2.75) is 58.5 Å². The predicted octanol–water partition coefficient (Wildman–Crippen LogP) is 0.863.